The minimum Gasteiger partial charge on any atom is -0.396 e. The molecule has 1 rings (SSSR count). The van der Waals surface area contributed by atoms with Crippen LogP contribution in [0.1, 0.15) is 11.5 Å². The molecule has 82 valence electrons. The molecule has 0 saturated heterocycles. The summed E-state index contributed by atoms with van der Waals surface area (Å²) in [5.41, 5.74) is 6.62. The largest absolute Gasteiger partial charge is 0.396 e. The second kappa shape index (κ2) is 6.48. The number of benzene rings is 1. The van der Waals surface area contributed by atoms with E-state index in [4.69, 9.17) is 16.2 Å². The summed E-state index contributed by atoms with van der Waals surface area (Å²) in [5.74, 6) is 1.59. The van der Waals surface area contributed by atoms with E-state index in [0.29, 0.717) is 5.75 Å². The SMILES string of the molecule is N=C(N)C(CSCCO)c1ccccc1. The average Bonchev–Trinajstić information content (AvgIpc) is 2.25. The first-order valence-corrected chi connectivity index (χ1v) is 5.98. The molecule has 1 aromatic rings. The van der Waals surface area contributed by atoms with Crippen LogP contribution in [0.25, 0.3) is 0 Å². The number of aliphatic hydroxyl groups excluding tert-OH is 1. The minimum atomic E-state index is -0.0391. The van der Waals surface area contributed by atoms with Gasteiger partial charge in [0.2, 0.25) is 0 Å². The van der Waals surface area contributed by atoms with E-state index >= 15 is 0 Å². The van der Waals surface area contributed by atoms with Gasteiger partial charge in [-0.2, -0.15) is 11.8 Å². The molecule has 0 aliphatic rings. The molecule has 0 amide bonds. The van der Waals surface area contributed by atoms with Gasteiger partial charge in [-0.15, -0.1) is 0 Å². The minimum absolute atomic E-state index is 0.0391. The monoisotopic (exact) mass is 224 g/mol. The summed E-state index contributed by atoms with van der Waals surface area (Å²) in [7, 11) is 0. The lowest BCUT2D eigenvalue weighted by molar-refractivity contribution is 0.322. The first kappa shape index (κ1) is 12.1. The van der Waals surface area contributed by atoms with Crippen molar-refractivity contribution < 1.29 is 5.11 Å². The maximum Gasteiger partial charge on any atom is 0.0990 e. The van der Waals surface area contributed by atoms with Gasteiger partial charge in [-0.1, -0.05) is 30.3 Å². The molecule has 0 saturated carbocycles. The number of nitrogens with one attached hydrogen (secondary N) is 1. The molecule has 4 N–H and O–H groups in total. The van der Waals surface area contributed by atoms with Crippen LogP contribution in [0, 0.1) is 5.41 Å². The lowest BCUT2D eigenvalue weighted by Crippen LogP contribution is -2.22. The lowest BCUT2D eigenvalue weighted by atomic mass is 10.0. The van der Waals surface area contributed by atoms with Gasteiger partial charge in [-0.3, -0.25) is 5.41 Å². The van der Waals surface area contributed by atoms with Gasteiger partial charge in [-0.25, -0.2) is 0 Å². The maximum absolute atomic E-state index is 8.68. The zero-order chi connectivity index (χ0) is 11.1. The Bertz CT molecular complexity index is 303. The van der Waals surface area contributed by atoms with E-state index in [1.807, 2.05) is 30.3 Å². The Morgan fingerprint density at radius 1 is 1.40 bits per heavy atom. The number of rotatable bonds is 6. The molecular weight excluding hydrogens is 208 g/mol. The molecule has 1 atom stereocenters. The van der Waals surface area contributed by atoms with Crippen molar-refractivity contribution in [1.82, 2.24) is 0 Å². The molecule has 1 unspecified atom stereocenters. The summed E-state index contributed by atoms with van der Waals surface area (Å²) >= 11 is 1.61. The Kier molecular flexibility index (Phi) is 5.21. The van der Waals surface area contributed by atoms with Crippen molar-refractivity contribution in [2.75, 3.05) is 18.1 Å². The zero-order valence-corrected chi connectivity index (χ0v) is 9.33. The third-order valence-electron chi connectivity index (χ3n) is 2.10. The van der Waals surface area contributed by atoms with Crippen LogP contribution in [-0.4, -0.2) is 29.1 Å². The van der Waals surface area contributed by atoms with Gasteiger partial charge in [0.05, 0.1) is 12.4 Å². The third-order valence-corrected chi connectivity index (χ3v) is 3.14. The van der Waals surface area contributed by atoms with Crippen LogP contribution in [0.2, 0.25) is 0 Å². The van der Waals surface area contributed by atoms with Gasteiger partial charge in [0, 0.05) is 17.4 Å². The molecule has 0 aliphatic carbocycles. The number of hydrogen-bond acceptors (Lipinski definition) is 3. The Morgan fingerprint density at radius 3 is 2.60 bits per heavy atom. The standard InChI is InChI=1S/C11H16N2OS/c12-11(13)10(8-15-7-6-14)9-4-2-1-3-5-9/h1-5,10,14H,6-8H2,(H3,12,13). The quantitative estimate of drug-likeness (QED) is 0.389. The Labute approximate surface area is 94.2 Å². The van der Waals surface area contributed by atoms with Gasteiger partial charge in [-0.05, 0) is 5.56 Å². The molecule has 1 aromatic carbocycles. The van der Waals surface area contributed by atoms with E-state index < -0.39 is 0 Å². The van der Waals surface area contributed by atoms with Gasteiger partial charge in [0.1, 0.15) is 0 Å². The van der Waals surface area contributed by atoms with E-state index in [1.165, 1.54) is 0 Å². The van der Waals surface area contributed by atoms with Crippen LogP contribution < -0.4 is 5.73 Å². The molecule has 0 heterocycles. The molecule has 0 aromatic heterocycles. The molecular formula is C11H16N2OS. The van der Waals surface area contributed by atoms with Crippen LogP contribution in [-0.2, 0) is 0 Å². The number of nitrogens with two attached hydrogens (primary N) is 1. The van der Waals surface area contributed by atoms with Gasteiger partial charge < -0.3 is 10.8 Å². The molecule has 0 radical (unpaired) electrons. The smallest absolute Gasteiger partial charge is 0.0990 e. The highest BCUT2D eigenvalue weighted by atomic mass is 32.2. The van der Waals surface area contributed by atoms with Crippen molar-refractivity contribution in [3.8, 4) is 0 Å². The average molecular weight is 224 g/mol. The fourth-order valence-electron chi connectivity index (χ4n) is 1.32. The number of hydrogen-bond donors (Lipinski definition) is 3. The van der Waals surface area contributed by atoms with Crippen LogP contribution >= 0.6 is 11.8 Å². The van der Waals surface area contributed by atoms with Crippen molar-refractivity contribution in [3.63, 3.8) is 0 Å². The number of aliphatic hydroxyl groups is 1. The highest BCUT2D eigenvalue weighted by molar-refractivity contribution is 7.99. The van der Waals surface area contributed by atoms with E-state index in [1.54, 1.807) is 11.8 Å². The maximum atomic E-state index is 8.68. The van der Waals surface area contributed by atoms with E-state index in [2.05, 4.69) is 0 Å². The zero-order valence-electron chi connectivity index (χ0n) is 8.52. The molecule has 0 fully saturated rings. The second-order valence-electron chi connectivity index (χ2n) is 3.22. The summed E-state index contributed by atoms with van der Waals surface area (Å²) < 4.78 is 0. The molecule has 4 heteroatoms. The normalized spacial score (nSPS) is 12.3. The molecule has 0 aliphatic heterocycles. The molecule has 0 bridgehead atoms. The van der Waals surface area contributed by atoms with Gasteiger partial charge in [0.15, 0.2) is 0 Å². The lowest BCUT2D eigenvalue weighted by Gasteiger charge is -2.14. The molecule has 15 heavy (non-hydrogen) atoms. The first-order chi connectivity index (χ1) is 7.25. The van der Waals surface area contributed by atoms with Crippen LogP contribution in [0.15, 0.2) is 30.3 Å². The predicted molar refractivity (Wildman–Crippen MR) is 65.5 cm³/mol. The summed E-state index contributed by atoms with van der Waals surface area (Å²) in [5, 5.41) is 16.2. The van der Waals surface area contributed by atoms with Crippen molar-refractivity contribution in [2.45, 2.75) is 5.92 Å². The fourth-order valence-corrected chi connectivity index (χ4v) is 2.22. The summed E-state index contributed by atoms with van der Waals surface area (Å²) in [6, 6.07) is 9.79. The van der Waals surface area contributed by atoms with Crippen LogP contribution in [0.3, 0.4) is 0 Å². The van der Waals surface area contributed by atoms with Crippen LogP contribution in [0.5, 0.6) is 0 Å². The van der Waals surface area contributed by atoms with Crippen molar-refractivity contribution in [1.29, 1.82) is 5.41 Å². The third kappa shape index (κ3) is 3.93. The Morgan fingerprint density at radius 2 is 2.07 bits per heavy atom. The van der Waals surface area contributed by atoms with Gasteiger partial charge >= 0.3 is 0 Å². The van der Waals surface area contributed by atoms with Gasteiger partial charge in [0.25, 0.3) is 0 Å². The summed E-state index contributed by atoms with van der Waals surface area (Å²) in [6.07, 6.45) is 0. The highest BCUT2D eigenvalue weighted by Gasteiger charge is 2.13. The Balaban J connectivity index is 2.62. The van der Waals surface area contributed by atoms with Crippen molar-refractivity contribution >= 4 is 17.6 Å². The molecule has 0 spiro atoms. The van der Waals surface area contributed by atoms with Crippen molar-refractivity contribution in [2.24, 2.45) is 5.73 Å². The highest BCUT2D eigenvalue weighted by Crippen LogP contribution is 2.20. The fraction of sp³-hybridized carbons (Fsp3) is 0.364. The molecule has 3 nitrogen and oxygen atoms in total. The summed E-state index contributed by atoms with van der Waals surface area (Å²) in [4.78, 5) is 0. The number of amidine groups is 1. The van der Waals surface area contributed by atoms with E-state index in [0.717, 1.165) is 11.3 Å². The second-order valence-corrected chi connectivity index (χ2v) is 4.37. The predicted octanol–water partition coefficient (Wildman–Crippen LogP) is 1.43. The summed E-state index contributed by atoms with van der Waals surface area (Å²) in [6.45, 7) is 0.171. The topological polar surface area (TPSA) is 70.1 Å². The van der Waals surface area contributed by atoms with Crippen LogP contribution in [0.4, 0.5) is 0 Å². The van der Waals surface area contributed by atoms with E-state index in [9.17, 15) is 0 Å². The Hall–Kier alpha value is -1.00. The number of thioether (sulfide) groups is 1. The van der Waals surface area contributed by atoms with E-state index in [-0.39, 0.29) is 18.4 Å². The first-order valence-electron chi connectivity index (χ1n) is 4.83. The van der Waals surface area contributed by atoms with Crippen molar-refractivity contribution in [3.05, 3.63) is 35.9 Å².